The topological polar surface area (TPSA) is 41.1 Å². The number of carbonyl (C=O) groups excluding carboxylic acids is 1. The fraction of sp³-hybridized carbons (Fsp3) is 0.929. The summed E-state index contributed by atoms with van der Waals surface area (Å²) in [4.78, 5) is 12.1. The van der Waals surface area contributed by atoms with Gasteiger partial charge in [0.2, 0.25) is 5.91 Å². The summed E-state index contributed by atoms with van der Waals surface area (Å²) < 4.78 is 0. The summed E-state index contributed by atoms with van der Waals surface area (Å²) in [5, 5.41) is 6.51. The van der Waals surface area contributed by atoms with Crippen LogP contribution in [0.2, 0.25) is 0 Å². The van der Waals surface area contributed by atoms with Crippen molar-refractivity contribution in [1.29, 1.82) is 0 Å². The number of carbonyl (C=O) groups is 1. The minimum Gasteiger partial charge on any atom is -0.356 e. The SMILES string of the molecule is CC(C)C(C)CNC(=O)C1CC12CCNCC2. The van der Waals surface area contributed by atoms with Gasteiger partial charge in [0, 0.05) is 12.5 Å². The third-order valence-corrected chi connectivity index (χ3v) is 4.84. The maximum Gasteiger partial charge on any atom is 0.223 e. The minimum absolute atomic E-state index is 0.305. The van der Waals surface area contributed by atoms with E-state index in [0.29, 0.717) is 29.1 Å². The molecule has 0 aromatic rings. The zero-order chi connectivity index (χ0) is 12.5. The van der Waals surface area contributed by atoms with Crippen LogP contribution >= 0.6 is 0 Å². The first-order valence-electron chi connectivity index (χ1n) is 7.03. The van der Waals surface area contributed by atoms with Gasteiger partial charge in [-0.25, -0.2) is 0 Å². The van der Waals surface area contributed by atoms with Gasteiger partial charge in [-0.15, -0.1) is 0 Å². The molecule has 2 unspecified atom stereocenters. The normalized spacial score (nSPS) is 28.1. The Bertz CT molecular complexity index is 282. The summed E-state index contributed by atoms with van der Waals surface area (Å²) in [7, 11) is 0. The molecule has 0 aromatic carbocycles. The molecule has 0 radical (unpaired) electrons. The molecule has 0 bridgehead atoms. The molecular weight excluding hydrogens is 212 g/mol. The summed E-state index contributed by atoms with van der Waals surface area (Å²) in [6.07, 6.45) is 3.49. The molecule has 3 nitrogen and oxygen atoms in total. The minimum atomic E-state index is 0.305. The summed E-state index contributed by atoms with van der Waals surface area (Å²) in [6.45, 7) is 9.64. The van der Waals surface area contributed by atoms with E-state index in [1.165, 1.54) is 12.8 Å². The average molecular weight is 238 g/mol. The molecule has 0 aromatic heterocycles. The van der Waals surface area contributed by atoms with Gasteiger partial charge >= 0.3 is 0 Å². The van der Waals surface area contributed by atoms with Crippen molar-refractivity contribution in [3.63, 3.8) is 0 Å². The molecule has 1 saturated heterocycles. The van der Waals surface area contributed by atoms with E-state index >= 15 is 0 Å². The van der Waals surface area contributed by atoms with E-state index in [9.17, 15) is 4.79 Å². The van der Waals surface area contributed by atoms with Gasteiger partial charge in [-0.1, -0.05) is 20.8 Å². The van der Waals surface area contributed by atoms with E-state index in [1.54, 1.807) is 0 Å². The van der Waals surface area contributed by atoms with Crippen LogP contribution in [0.3, 0.4) is 0 Å². The van der Waals surface area contributed by atoms with E-state index in [0.717, 1.165) is 26.1 Å². The monoisotopic (exact) mass is 238 g/mol. The van der Waals surface area contributed by atoms with E-state index in [2.05, 4.69) is 31.4 Å². The third-order valence-electron chi connectivity index (χ3n) is 4.84. The summed E-state index contributed by atoms with van der Waals surface area (Å²) in [6, 6.07) is 0. The van der Waals surface area contributed by atoms with E-state index in [-0.39, 0.29) is 0 Å². The first-order valence-corrected chi connectivity index (χ1v) is 7.03. The highest BCUT2D eigenvalue weighted by atomic mass is 16.2. The van der Waals surface area contributed by atoms with Crippen LogP contribution < -0.4 is 10.6 Å². The van der Waals surface area contributed by atoms with Gasteiger partial charge < -0.3 is 10.6 Å². The molecule has 2 N–H and O–H groups in total. The molecule has 1 spiro atoms. The zero-order valence-electron chi connectivity index (χ0n) is 11.4. The largest absolute Gasteiger partial charge is 0.356 e. The Morgan fingerprint density at radius 1 is 1.35 bits per heavy atom. The Morgan fingerprint density at radius 2 is 2.00 bits per heavy atom. The predicted molar refractivity (Wildman–Crippen MR) is 69.7 cm³/mol. The molecule has 2 fully saturated rings. The molecule has 1 saturated carbocycles. The van der Waals surface area contributed by atoms with Crippen LogP contribution in [0.25, 0.3) is 0 Å². The van der Waals surface area contributed by atoms with Crippen molar-refractivity contribution in [2.45, 2.75) is 40.0 Å². The van der Waals surface area contributed by atoms with E-state index < -0.39 is 0 Å². The lowest BCUT2D eigenvalue weighted by atomic mass is 9.91. The van der Waals surface area contributed by atoms with E-state index in [4.69, 9.17) is 0 Å². The highest BCUT2D eigenvalue weighted by Gasteiger charge is 2.57. The molecular formula is C14H26N2O. The van der Waals surface area contributed by atoms with E-state index in [1.807, 2.05) is 0 Å². The van der Waals surface area contributed by atoms with Gasteiger partial charge in [-0.3, -0.25) is 4.79 Å². The standard InChI is InChI=1S/C14H26N2O/c1-10(2)11(3)9-16-13(17)12-8-14(12)4-6-15-7-5-14/h10-12,15H,4-9H2,1-3H3,(H,16,17). The van der Waals surface area contributed by atoms with Gasteiger partial charge in [-0.2, -0.15) is 0 Å². The number of nitrogens with one attached hydrogen (secondary N) is 2. The van der Waals surface area contributed by atoms with Crippen molar-refractivity contribution in [1.82, 2.24) is 10.6 Å². The molecule has 1 aliphatic heterocycles. The lowest BCUT2D eigenvalue weighted by Crippen LogP contribution is -2.35. The molecule has 17 heavy (non-hydrogen) atoms. The molecule has 98 valence electrons. The average Bonchev–Trinajstić information content (AvgIpc) is 3.00. The fourth-order valence-electron chi connectivity index (χ4n) is 2.82. The quantitative estimate of drug-likeness (QED) is 0.784. The summed E-state index contributed by atoms with van der Waals surface area (Å²) in [5.41, 5.74) is 0.371. The Kier molecular flexibility index (Phi) is 3.76. The Balaban J connectivity index is 1.75. The van der Waals surface area contributed by atoms with Crippen molar-refractivity contribution < 1.29 is 4.79 Å². The zero-order valence-corrected chi connectivity index (χ0v) is 11.4. The number of rotatable bonds is 4. The van der Waals surface area contributed by atoms with Crippen molar-refractivity contribution in [2.75, 3.05) is 19.6 Å². The second-order valence-electron chi connectivity index (χ2n) is 6.34. The lowest BCUT2D eigenvalue weighted by molar-refractivity contribution is -0.123. The molecule has 3 heteroatoms. The van der Waals surface area contributed by atoms with Crippen LogP contribution in [-0.2, 0) is 4.79 Å². The van der Waals surface area contributed by atoms with Gasteiger partial charge in [0.1, 0.15) is 0 Å². The van der Waals surface area contributed by atoms with Crippen molar-refractivity contribution in [3.05, 3.63) is 0 Å². The van der Waals surface area contributed by atoms with Crippen LogP contribution in [0.5, 0.6) is 0 Å². The van der Waals surface area contributed by atoms with Crippen molar-refractivity contribution in [2.24, 2.45) is 23.2 Å². The van der Waals surface area contributed by atoms with Crippen LogP contribution in [0.4, 0.5) is 0 Å². The van der Waals surface area contributed by atoms with Crippen molar-refractivity contribution >= 4 is 5.91 Å². The van der Waals surface area contributed by atoms with Gasteiger partial charge in [0.15, 0.2) is 0 Å². The number of hydrogen-bond acceptors (Lipinski definition) is 2. The second kappa shape index (κ2) is 4.97. The van der Waals surface area contributed by atoms with Crippen LogP contribution in [-0.4, -0.2) is 25.5 Å². The molecule has 2 atom stereocenters. The van der Waals surface area contributed by atoms with Gasteiger partial charge in [0.25, 0.3) is 0 Å². The number of piperidine rings is 1. The maximum atomic E-state index is 12.1. The Morgan fingerprint density at radius 3 is 2.59 bits per heavy atom. The molecule has 2 aliphatic rings. The Hall–Kier alpha value is -0.570. The molecule has 1 amide bonds. The van der Waals surface area contributed by atoms with Crippen molar-refractivity contribution in [3.8, 4) is 0 Å². The number of hydrogen-bond donors (Lipinski definition) is 2. The number of amides is 1. The first kappa shape index (κ1) is 12.9. The van der Waals surface area contributed by atoms with Crippen LogP contribution in [0.1, 0.15) is 40.0 Å². The van der Waals surface area contributed by atoms with Crippen LogP contribution in [0.15, 0.2) is 0 Å². The highest BCUT2D eigenvalue weighted by Crippen LogP contribution is 2.58. The Labute approximate surface area is 105 Å². The molecule has 1 aliphatic carbocycles. The van der Waals surface area contributed by atoms with Crippen LogP contribution in [0, 0.1) is 23.2 Å². The second-order valence-corrected chi connectivity index (χ2v) is 6.34. The van der Waals surface area contributed by atoms with Gasteiger partial charge in [-0.05, 0) is 49.6 Å². The predicted octanol–water partition coefficient (Wildman–Crippen LogP) is 1.78. The summed E-state index contributed by atoms with van der Waals surface area (Å²) >= 11 is 0. The smallest absolute Gasteiger partial charge is 0.223 e. The third kappa shape index (κ3) is 2.82. The molecule has 1 heterocycles. The van der Waals surface area contributed by atoms with Gasteiger partial charge in [0.05, 0.1) is 0 Å². The highest BCUT2D eigenvalue weighted by molar-refractivity contribution is 5.82. The molecule has 2 rings (SSSR count). The fourth-order valence-corrected chi connectivity index (χ4v) is 2.82. The maximum absolute atomic E-state index is 12.1. The lowest BCUT2D eigenvalue weighted by Gasteiger charge is -2.23. The summed E-state index contributed by atoms with van der Waals surface area (Å²) in [5.74, 6) is 1.83. The first-order chi connectivity index (χ1) is 8.05.